The molecule has 0 fully saturated rings. The second kappa shape index (κ2) is 5.45. The average Bonchev–Trinajstić information content (AvgIpc) is 2.27. The number of hydrogen-bond acceptors (Lipinski definition) is 1. The van der Waals surface area contributed by atoms with Gasteiger partial charge in [0.05, 0.1) is 0 Å². The van der Waals surface area contributed by atoms with E-state index in [-0.39, 0.29) is 5.75 Å². The van der Waals surface area contributed by atoms with Crippen LogP contribution in [0.1, 0.15) is 18.1 Å². The molecule has 0 aliphatic rings. The topological polar surface area (TPSA) is 9.23 Å². The summed E-state index contributed by atoms with van der Waals surface area (Å²) in [6.45, 7) is 6.26. The Morgan fingerprint density at radius 3 is 2.56 bits per heavy atom. The molecule has 1 radical (unpaired) electrons. The summed E-state index contributed by atoms with van der Waals surface area (Å²) < 4.78 is 28.8. The van der Waals surface area contributed by atoms with Crippen LogP contribution in [0.4, 0.5) is 8.78 Å². The molecule has 3 heteroatoms. The lowest BCUT2D eigenvalue weighted by molar-refractivity contribution is -0.0500. The van der Waals surface area contributed by atoms with E-state index in [1.165, 1.54) is 12.1 Å². The van der Waals surface area contributed by atoms with Gasteiger partial charge in [-0.15, -0.1) is 6.58 Å². The van der Waals surface area contributed by atoms with Gasteiger partial charge in [-0.05, 0) is 11.6 Å². The lowest BCUT2D eigenvalue weighted by Crippen LogP contribution is -2.05. The van der Waals surface area contributed by atoms with Crippen LogP contribution in [0.5, 0.6) is 5.75 Å². The first-order valence-corrected chi connectivity index (χ1v) is 4.76. The Morgan fingerprint density at radius 1 is 1.38 bits per heavy atom. The number of allylic oxidation sites excluding steroid dienone is 1. The second-order valence-corrected chi connectivity index (χ2v) is 3.19. The molecular weight excluding hydrogens is 210 g/mol. The summed E-state index contributed by atoms with van der Waals surface area (Å²) in [5.74, 6) is 1.01. The molecular formula is C13H13F2O. The van der Waals surface area contributed by atoms with Crippen molar-refractivity contribution >= 4 is 6.08 Å². The van der Waals surface area contributed by atoms with E-state index in [4.69, 9.17) is 0 Å². The summed E-state index contributed by atoms with van der Waals surface area (Å²) >= 11 is 0. The van der Waals surface area contributed by atoms with Crippen LogP contribution in [0.3, 0.4) is 0 Å². The predicted octanol–water partition coefficient (Wildman–Crippen LogP) is 4.06. The molecule has 1 aromatic carbocycles. The highest BCUT2D eigenvalue weighted by Gasteiger charge is 2.13. The molecule has 0 bridgehead atoms. The summed E-state index contributed by atoms with van der Waals surface area (Å²) in [6.07, 6.45) is 3.16. The Labute approximate surface area is 94.1 Å². The maximum absolute atomic E-state index is 12.2. The predicted molar refractivity (Wildman–Crippen MR) is 61.4 cm³/mol. The van der Waals surface area contributed by atoms with Crippen molar-refractivity contribution in [3.63, 3.8) is 0 Å². The highest BCUT2D eigenvalue weighted by Crippen LogP contribution is 2.30. The second-order valence-electron chi connectivity index (χ2n) is 3.19. The van der Waals surface area contributed by atoms with Gasteiger partial charge in [0.25, 0.3) is 0 Å². The van der Waals surface area contributed by atoms with E-state index in [0.29, 0.717) is 5.56 Å². The van der Waals surface area contributed by atoms with Crippen LogP contribution in [-0.4, -0.2) is 6.61 Å². The fourth-order valence-corrected chi connectivity index (χ4v) is 1.41. The van der Waals surface area contributed by atoms with Gasteiger partial charge >= 0.3 is 6.61 Å². The van der Waals surface area contributed by atoms with Crippen LogP contribution in [-0.2, 0) is 0 Å². The Morgan fingerprint density at radius 2 is 2.06 bits per heavy atom. The van der Waals surface area contributed by atoms with Gasteiger partial charge in [-0.25, -0.2) is 0 Å². The van der Waals surface area contributed by atoms with Gasteiger partial charge in [-0.2, -0.15) is 8.78 Å². The maximum atomic E-state index is 12.2. The molecule has 0 aromatic heterocycles. The van der Waals surface area contributed by atoms with Crippen LogP contribution in [0.15, 0.2) is 37.4 Å². The van der Waals surface area contributed by atoms with E-state index in [9.17, 15) is 8.78 Å². The molecule has 0 spiro atoms. The molecule has 0 aliphatic heterocycles. The lowest BCUT2D eigenvalue weighted by Gasteiger charge is -2.14. The van der Waals surface area contributed by atoms with E-state index in [0.717, 1.165) is 11.5 Å². The van der Waals surface area contributed by atoms with Crippen molar-refractivity contribution < 1.29 is 13.5 Å². The Bertz CT molecular complexity index is 386. The van der Waals surface area contributed by atoms with E-state index >= 15 is 0 Å². The van der Waals surface area contributed by atoms with Gasteiger partial charge < -0.3 is 4.74 Å². The third-order valence-electron chi connectivity index (χ3n) is 2.22. The first-order chi connectivity index (χ1) is 7.60. The van der Waals surface area contributed by atoms with Gasteiger partial charge in [0.2, 0.25) is 0 Å². The van der Waals surface area contributed by atoms with Gasteiger partial charge in [0.1, 0.15) is 5.75 Å². The SMILES string of the molecule is C=C[C](C)c1cccc(OC(F)F)c1C=C. The van der Waals surface area contributed by atoms with Gasteiger partial charge in [-0.3, -0.25) is 0 Å². The number of rotatable bonds is 5. The first kappa shape index (κ1) is 12.4. The van der Waals surface area contributed by atoms with Crippen molar-refractivity contribution in [2.75, 3.05) is 0 Å². The fourth-order valence-electron chi connectivity index (χ4n) is 1.41. The molecule has 0 aliphatic carbocycles. The molecule has 0 N–H and O–H groups in total. The molecule has 0 amide bonds. The molecule has 1 nitrogen and oxygen atoms in total. The van der Waals surface area contributed by atoms with Crippen molar-refractivity contribution in [3.05, 3.63) is 54.5 Å². The third kappa shape index (κ3) is 2.69. The lowest BCUT2D eigenvalue weighted by atomic mass is 9.95. The summed E-state index contributed by atoms with van der Waals surface area (Å²) in [6, 6.07) is 4.96. The van der Waals surface area contributed by atoms with Gasteiger partial charge in [0.15, 0.2) is 0 Å². The van der Waals surface area contributed by atoms with Gasteiger partial charge in [0, 0.05) is 11.5 Å². The van der Waals surface area contributed by atoms with Crippen LogP contribution in [0.25, 0.3) is 6.08 Å². The summed E-state index contributed by atoms with van der Waals surface area (Å²) in [5.41, 5.74) is 1.35. The standard InChI is InChI=1S/C13H13F2O/c1-4-9(3)11-7-6-8-12(10(11)5-2)16-13(14)15/h4-8,13H,1-2H2,3H3. The molecule has 1 aromatic rings. The summed E-state index contributed by atoms with van der Waals surface area (Å²) in [4.78, 5) is 0. The molecule has 1 rings (SSSR count). The maximum Gasteiger partial charge on any atom is 0.387 e. The van der Waals surface area contributed by atoms with E-state index in [2.05, 4.69) is 17.9 Å². The van der Waals surface area contributed by atoms with Crippen molar-refractivity contribution in [1.82, 2.24) is 0 Å². The minimum atomic E-state index is -2.84. The number of ether oxygens (including phenoxy) is 1. The zero-order valence-electron chi connectivity index (χ0n) is 9.04. The zero-order valence-corrected chi connectivity index (χ0v) is 9.04. The highest BCUT2D eigenvalue weighted by molar-refractivity contribution is 5.64. The molecule has 0 atom stereocenters. The molecule has 0 saturated carbocycles. The molecule has 85 valence electrons. The van der Waals surface area contributed by atoms with Crippen molar-refractivity contribution in [2.45, 2.75) is 13.5 Å². The molecule has 0 saturated heterocycles. The smallest absolute Gasteiger partial charge is 0.387 e. The Kier molecular flexibility index (Phi) is 4.23. The number of halogens is 2. The van der Waals surface area contributed by atoms with Crippen LogP contribution < -0.4 is 4.74 Å². The monoisotopic (exact) mass is 223 g/mol. The van der Waals surface area contributed by atoms with Gasteiger partial charge in [-0.1, -0.05) is 37.8 Å². The van der Waals surface area contributed by atoms with Crippen molar-refractivity contribution in [2.24, 2.45) is 0 Å². The Hall–Kier alpha value is -1.64. The molecule has 16 heavy (non-hydrogen) atoms. The largest absolute Gasteiger partial charge is 0.434 e. The van der Waals surface area contributed by atoms with Crippen LogP contribution in [0.2, 0.25) is 0 Å². The fraction of sp³-hybridized carbons (Fsp3) is 0.154. The van der Waals surface area contributed by atoms with E-state index in [1.54, 1.807) is 12.1 Å². The highest BCUT2D eigenvalue weighted by atomic mass is 19.3. The Balaban J connectivity index is 3.20. The van der Waals surface area contributed by atoms with E-state index in [1.807, 2.05) is 13.0 Å². The molecule has 0 heterocycles. The normalized spacial score (nSPS) is 10.6. The number of benzene rings is 1. The summed E-state index contributed by atoms with van der Waals surface area (Å²) in [7, 11) is 0. The average molecular weight is 223 g/mol. The quantitative estimate of drug-likeness (QED) is 0.731. The third-order valence-corrected chi connectivity index (χ3v) is 2.22. The van der Waals surface area contributed by atoms with Crippen LogP contribution >= 0.6 is 0 Å². The van der Waals surface area contributed by atoms with Crippen molar-refractivity contribution in [3.8, 4) is 5.75 Å². The minimum absolute atomic E-state index is 0.128. The van der Waals surface area contributed by atoms with Crippen molar-refractivity contribution in [1.29, 1.82) is 0 Å². The minimum Gasteiger partial charge on any atom is -0.434 e. The van der Waals surface area contributed by atoms with E-state index < -0.39 is 6.61 Å². The number of alkyl halides is 2. The molecule has 0 unspecified atom stereocenters. The summed E-state index contributed by atoms with van der Waals surface area (Å²) in [5, 5.41) is 0. The van der Waals surface area contributed by atoms with Crippen LogP contribution in [0, 0.1) is 5.92 Å². The number of hydrogen-bond donors (Lipinski definition) is 0. The first-order valence-electron chi connectivity index (χ1n) is 4.76. The zero-order chi connectivity index (χ0) is 12.1.